The fourth-order valence-electron chi connectivity index (χ4n) is 2.37. The third-order valence-corrected chi connectivity index (χ3v) is 3.65. The molecular formula is C14H18FN3O3. The Morgan fingerprint density at radius 1 is 1.38 bits per heavy atom. The van der Waals surface area contributed by atoms with Crippen molar-refractivity contribution in [3.63, 3.8) is 0 Å². The smallest absolute Gasteiger partial charge is 0.317 e. The summed E-state index contributed by atoms with van der Waals surface area (Å²) >= 11 is 0. The van der Waals surface area contributed by atoms with Crippen LogP contribution in [0.5, 0.6) is 5.75 Å². The van der Waals surface area contributed by atoms with E-state index in [9.17, 15) is 14.5 Å². The molecule has 0 aromatic heterocycles. The van der Waals surface area contributed by atoms with E-state index >= 15 is 0 Å². The highest BCUT2D eigenvalue weighted by molar-refractivity contribution is 5.84. The molecule has 1 saturated carbocycles. The van der Waals surface area contributed by atoms with Crippen molar-refractivity contribution in [3.8, 4) is 5.75 Å². The number of nitro benzene ring substituents is 1. The van der Waals surface area contributed by atoms with Crippen LogP contribution in [0.4, 0.5) is 10.1 Å². The van der Waals surface area contributed by atoms with Gasteiger partial charge in [0.15, 0.2) is 0 Å². The molecule has 0 radical (unpaired) electrons. The lowest BCUT2D eigenvalue weighted by Gasteiger charge is -2.28. The topological polar surface area (TPSA) is 68.0 Å². The van der Waals surface area contributed by atoms with E-state index in [1.165, 1.54) is 6.07 Å². The van der Waals surface area contributed by atoms with Crippen molar-refractivity contribution in [2.45, 2.75) is 31.7 Å². The normalized spacial score (nSPS) is 18.7. The van der Waals surface area contributed by atoms with E-state index in [0.29, 0.717) is 6.04 Å². The SMILES string of the molecule is CN(C)C1CCC(=NOc2ccc(F)cc2[N+](=O)[O-])CC1. The van der Waals surface area contributed by atoms with E-state index in [0.717, 1.165) is 43.5 Å². The van der Waals surface area contributed by atoms with Gasteiger partial charge < -0.3 is 9.74 Å². The van der Waals surface area contributed by atoms with Crippen molar-refractivity contribution < 1.29 is 14.2 Å². The highest BCUT2D eigenvalue weighted by Gasteiger charge is 2.21. The molecule has 0 spiro atoms. The van der Waals surface area contributed by atoms with Gasteiger partial charge in [-0.3, -0.25) is 10.1 Å². The maximum Gasteiger partial charge on any atom is 0.317 e. The summed E-state index contributed by atoms with van der Waals surface area (Å²) in [6.45, 7) is 0. The second-order valence-corrected chi connectivity index (χ2v) is 5.31. The summed E-state index contributed by atoms with van der Waals surface area (Å²) in [5.74, 6) is -0.711. The second-order valence-electron chi connectivity index (χ2n) is 5.31. The lowest BCUT2D eigenvalue weighted by molar-refractivity contribution is -0.386. The predicted molar refractivity (Wildman–Crippen MR) is 77.1 cm³/mol. The van der Waals surface area contributed by atoms with Crippen LogP contribution < -0.4 is 4.84 Å². The molecule has 0 unspecified atom stereocenters. The Morgan fingerprint density at radius 3 is 2.62 bits per heavy atom. The zero-order valence-electron chi connectivity index (χ0n) is 12.1. The molecule has 0 amide bonds. The van der Waals surface area contributed by atoms with Gasteiger partial charge in [0.1, 0.15) is 5.82 Å². The summed E-state index contributed by atoms with van der Waals surface area (Å²) in [5.41, 5.74) is 0.466. The average Bonchev–Trinajstić information content (AvgIpc) is 2.46. The summed E-state index contributed by atoms with van der Waals surface area (Å²) in [5, 5.41) is 14.8. The predicted octanol–water partition coefficient (Wildman–Crippen LogP) is 2.97. The molecule has 1 aliphatic carbocycles. The lowest BCUT2D eigenvalue weighted by atomic mass is 9.93. The third-order valence-electron chi connectivity index (χ3n) is 3.65. The van der Waals surface area contributed by atoms with Gasteiger partial charge >= 0.3 is 5.69 Å². The second kappa shape index (κ2) is 6.62. The van der Waals surface area contributed by atoms with Gasteiger partial charge in [-0.05, 0) is 51.9 Å². The molecule has 1 aliphatic rings. The maximum atomic E-state index is 13.0. The van der Waals surface area contributed by atoms with E-state index < -0.39 is 16.4 Å². The first kappa shape index (κ1) is 15.4. The van der Waals surface area contributed by atoms with Crippen LogP contribution in [0.15, 0.2) is 23.4 Å². The monoisotopic (exact) mass is 295 g/mol. The van der Waals surface area contributed by atoms with Crippen LogP contribution >= 0.6 is 0 Å². The Hall–Kier alpha value is -2.02. The van der Waals surface area contributed by atoms with Crippen LogP contribution in [0, 0.1) is 15.9 Å². The zero-order chi connectivity index (χ0) is 15.4. The van der Waals surface area contributed by atoms with Crippen molar-refractivity contribution >= 4 is 11.4 Å². The molecule has 1 aromatic carbocycles. The largest absolute Gasteiger partial charge is 0.350 e. The van der Waals surface area contributed by atoms with Crippen LogP contribution in [0.25, 0.3) is 0 Å². The molecule has 1 aromatic rings. The van der Waals surface area contributed by atoms with E-state index in [4.69, 9.17) is 4.84 Å². The Labute approximate surface area is 122 Å². The highest BCUT2D eigenvalue weighted by atomic mass is 19.1. The van der Waals surface area contributed by atoms with Gasteiger partial charge in [-0.25, -0.2) is 4.39 Å². The fourth-order valence-corrected chi connectivity index (χ4v) is 2.37. The molecule has 0 atom stereocenters. The molecule has 0 heterocycles. The quantitative estimate of drug-likeness (QED) is 0.632. The molecule has 21 heavy (non-hydrogen) atoms. The minimum atomic E-state index is -0.679. The first-order valence-corrected chi connectivity index (χ1v) is 6.80. The summed E-state index contributed by atoms with van der Waals surface area (Å²) < 4.78 is 13.0. The van der Waals surface area contributed by atoms with Crippen molar-refractivity contribution in [1.29, 1.82) is 0 Å². The first-order chi connectivity index (χ1) is 9.97. The Bertz CT molecular complexity index is 550. The van der Waals surface area contributed by atoms with Gasteiger partial charge in [0, 0.05) is 6.04 Å². The number of nitrogens with zero attached hydrogens (tertiary/aromatic N) is 3. The minimum absolute atomic E-state index is 0.0383. The Kier molecular flexibility index (Phi) is 4.85. The van der Waals surface area contributed by atoms with Crippen LogP contribution in [-0.4, -0.2) is 35.7 Å². The molecule has 1 fully saturated rings. The van der Waals surface area contributed by atoms with Crippen LogP contribution in [0.3, 0.4) is 0 Å². The van der Waals surface area contributed by atoms with E-state index in [1.807, 2.05) is 14.1 Å². The van der Waals surface area contributed by atoms with Crippen molar-refractivity contribution in [1.82, 2.24) is 4.90 Å². The molecule has 0 bridgehead atoms. The van der Waals surface area contributed by atoms with E-state index in [2.05, 4.69) is 10.1 Å². The number of hydrogen-bond donors (Lipinski definition) is 0. The van der Waals surface area contributed by atoms with Gasteiger partial charge in [0.25, 0.3) is 0 Å². The molecule has 114 valence electrons. The minimum Gasteiger partial charge on any atom is -0.350 e. The van der Waals surface area contributed by atoms with Crippen LogP contribution in [-0.2, 0) is 0 Å². The lowest BCUT2D eigenvalue weighted by Crippen LogP contribution is -2.32. The van der Waals surface area contributed by atoms with Crippen LogP contribution in [0.2, 0.25) is 0 Å². The number of rotatable bonds is 4. The molecule has 0 saturated heterocycles. The molecule has 0 aliphatic heterocycles. The fraction of sp³-hybridized carbons (Fsp3) is 0.500. The van der Waals surface area contributed by atoms with Crippen molar-refractivity contribution in [2.75, 3.05) is 14.1 Å². The standard InChI is InChI=1S/C14H18FN3O3/c1-17(2)12-6-4-11(5-7-12)16-21-14-8-3-10(15)9-13(14)18(19)20/h3,8-9,12H,4-7H2,1-2H3. The molecule has 7 heteroatoms. The maximum absolute atomic E-state index is 13.0. The number of oxime groups is 1. The first-order valence-electron chi connectivity index (χ1n) is 6.80. The number of hydrogen-bond acceptors (Lipinski definition) is 5. The zero-order valence-corrected chi connectivity index (χ0v) is 12.1. The number of halogens is 1. The van der Waals surface area contributed by atoms with Gasteiger partial charge in [-0.15, -0.1) is 0 Å². The van der Waals surface area contributed by atoms with Gasteiger partial charge in [0.2, 0.25) is 5.75 Å². The van der Waals surface area contributed by atoms with Gasteiger partial charge in [-0.1, -0.05) is 5.16 Å². The third kappa shape index (κ3) is 3.98. The van der Waals surface area contributed by atoms with Crippen LogP contribution in [0.1, 0.15) is 25.7 Å². The van der Waals surface area contributed by atoms with E-state index in [1.54, 1.807) is 0 Å². The number of benzene rings is 1. The molecule has 2 rings (SSSR count). The van der Waals surface area contributed by atoms with Crippen molar-refractivity contribution in [3.05, 3.63) is 34.1 Å². The molecule has 6 nitrogen and oxygen atoms in total. The highest BCUT2D eigenvalue weighted by Crippen LogP contribution is 2.28. The summed E-state index contributed by atoms with van der Waals surface area (Å²) in [4.78, 5) is 17.5. The van der Waals surface area contributed by atoms with Gasteiger partial charge in [-0.2, -0.15) is 0 Å². The Morgan fingerprint density at radius 2 is 2.05 bits per heavy atom. The summed E-state index contributed by atoms with van der Waals surface area (Å²) in [6.07, 6.45) is 3.58. The summed E-state index contributed by atoms with van der Waals surface area (Å²) in [6, 6.07) is 3.71. The number of nitro groups is 1. The molecule has 0 N–H and O–H groups in total. The summed E-state index contributed by atoms with van der Waals surface area (Å²) in [7, 11) is 4.09. The van der Waals surface area contributed by atoms with Gasteiger partial charge in [0.05, 0.1) is 16.7 Å². The average molecular weight is 295 g/mol. The molecular weight excluding hydrogens is 277 g/mol. The van der Waals surface area contributed by atoms with Crippen molar-refractivity contribution in [2.24, 2.45) is 5.16 Å². The Balaban J connectivity index is 2.03. The van der Waals surface area contributed by atoms with E-state index in [-0.39, 0.29) is 5.75 Å².